The van der Waals surface area contributed by atoms with Crippen LogP contribution in [0.5, 0.6) is 0 Å². The molecule has 0 N–H and O–H groups in total. The summed E-state index contributed by atoms with van der Waals surface area (Å²) in [5, 5.41) is 7.55. The number of nitrogens with zero attached hydrogens (tertiary/aromatic N) is 3. The Kier molecular flexibility index (Phi) is 3.32. The maximum Gasteiger partial charge on any atom is 0.222 e. The molecule has 0 saturated carbocycles. The Morgan fingerprint density at radius 3 is 2.89 bits per heavy atom. The van der Waals surface area contributed by atoms with Crippen LogP contribution >= 0.6 is 0 Å². The fourth-order valence-corrected chi connectivity index (χ4v) is 2.25. The third-order valence-electron chi connectivity index (χ3n) is 3.21. The first-order chi connectivity index (χ1) is 8.92. The number of ether oxygens (including phenoxy) is 1. The van der Waals surface area contributed by atoms with Gasteiger partial charge in [-0.1, -0.05) is 6.07 Å². The van der Waals surface area contributed by atoms with E-state index in [0.717, 1.165) is 37.4 Å². The van der Waals surface area contributed by atoms with E-state index >= 15 is 0 Å². The maximum atomic E-state index is 5.38. The van der Waals surface area contributed by atoms with Gasteiger partial charge in [0.05, 0.1) is 6.42 Å². The topological polar surface area (TPSA) is 61.0 Å². The van der Waals surface area contributed by atoms with Gasteiger partial charge in [0, 0.05) is 30.5 Å². The SMILES string of the molecule is c1cc(Cc2nnco2)nc(C2CCOCC2)c1. The van der Waals surface area contributed by atoms with Crippen LogP contribution in [-0.2, 0) is 11.2 Å². The smallest absolute Gasteiger partial charge is 0.222 e. The van der Waals surface area contributed by atoms with Crippen LogP contribution in [-0.4, -0.2) is 28.4 Å². The molecule has 0 radical (unpaired) electrons. The van der Waals surface area contributed by atoms with Crippen molar-refractivity contribution in [3.8, 4) is 0 Å². The minimum Gasteiger partial charge on any atom is -0.428 e. The van der Waals surface area contributed by atoms with Gasteiger partial charge in [0.2, 0.25) is 12.3 Å². The highest BCUT2D eigenvalue weighted by Crippen LogP contribution is 2.25. The summed E-state index contributed by atoms with van der Waals surface area (Å²) >= 11 is 0. The van der Waals surface area contributed by atoms with Gasteiger partial charge in [0.25, 0.3) is 0 Å². The van der Waals surface area contributed by atoms with Crippen molar-refractivity contribution in [1.29, 1.82) is 0 Å². The Balaban J connectivity index is 1.76. The summed E-state index contributed by atoms with van der Waals surface area (Å²) in [7, 11) is 0. The molecule has 0 bridgehead atoms. The highest BCUT2D eigenvalue weighted by atomic mass is 16.5. The van der Waals surface area contributed by atoms with Crippen LogP contribution in [0.3, 0.4) is 0 Å². The minimum atomic E-state index is 0.515. The van der Waals surface area contributed by atoms with E-state index < -0.39 is 0 Å². The molecule has 0 atom stereocenters. The predicted molar refractivity (Wildman–Crippen MR) is 64.1 cm³/mol. The van der Waals surface area contributed by atoms with Crippen molar-refractivity contribution < 1.29 is 9.15 Å². The van der Waals surface area contributed by atoms with Gasteiger partial charge in [-0.25, -0.2) is 0 Å². The lowest BCUT2D eigenvalue weighted by atomic mass is 9.96. The Morgan fingerprint density at radius 1 is 1.22 bits per heavy atom. The van der Waals surface area contributed by atoms with Crippen molar-refractivity contribution >= 4 is 0 Å². The Labute approximate surface area is 105 Å². The first-order valence-corrected chi connectivity index (χ1v) is 6.20. The Hall–Kier alpha value is -1.75. The minimum absolute atomic E-state index is 0.515. The van der Waals surface area contributed by atoms with E-state index in [9.17, 15) is 0 Å². The van der Waals surface area contributed by atoms with Crippen molar-refractivity contribution in [2.45, 2.75) is 25.2 Å². The number of hydrogen-bond donors (Lipinski definition) is 0. The average Bonchev–Trinajstić information content (AvgIpc) is 2.93. The van der Waals surface area contributed by atoms with Gasteiger partial charge in [-0.2, -0.15) is 0 Å². The van der Waals surface area contributed by atoms with Gasteiger partial charge in [-0.3, -0.25) is 4.98 Å². The second-order valence-electron chi connectivity index (χ2n) is 4.45. The number of rotatable bonds is 3. The molecule has 1 aliphatic heterocycles. The van der Waals surface area contributed by atoms with E-state index in [1.54, 1.807) is 0 Å². The number of hydrogen-bond acceptors (Lipinski definition) is 5. The molecule has 1 fully saturated rings. The average molecular weight is 245 g/mol. The fourth-order valence-electron chi connectivity index (χ4n) is 2.25. The van der Waals surface area contributed by atoms with E-state index in [4.69, 9.17) is 9.15 Å². The van der Waals surface area contributed by atoms with E-state index in [2.05, 4.69) is 21.2 Å². The van der Waals surface area contributed by atoms with E-state index in [1.807, 2.05) is 12.1 Å². The Bertz CT molecular complexity index is 493. The van der Waals surface area contributed by atoms with Crippen molar-refractivity contribution in [3.63, 3.8) is 0 Å². The van der Waals surface area contributed by atoms with Crippen LogP contribution in [0.1, 0.15) is 36.0 Å². The Morgan fingerprint density at radius 2 is 2.11 bits per heavy atom. The highest BCUT2D eigenvalue weighted by Gasteiger charge is 2.17. The van der Waals surface area contributed by atoms with Crippen LogP contribution in [0.15, 0.2) is 29.0 Å². The molecule has 2 aromatic heterocycles. The highest BCUT2D eigenvalue weighted by molar-refractivity contribution is 5.17. The second kappa shape index (κ2) is 5.27. The second-order valence-corrected chi connectivity index (χ2v) is 4.45. The van der Waals surface area contributed by atoms with Gasteiger partial charge in [-0.15, -0.1) is 10.2 Å². The molecule has 2 aromatic rings. The first kappa shape index (κ1) is 11.3. The standard InChI is InChI=1S/C13H15N3O2/c1-2-11(8-13-16-14-9-18-13)15-12(3-1)10-4-6-17-7-5-10/h1-3,9-10H,4-8H2. The molecule has 0 aliphatic carbocycles. The zero-order valence-electron chi connectivity index (χ0n) is 10.1. The van der Waals surface area contributed by atoms with Gasteiger partial charge in [-0.05, 0) is 25.0 Å². The van der Waals surface area contributed by atoms with Gasteiger partial charge >= 0.3 is 0 Å². The maximum absolute atomic E-state index is 5.38. The monoisotopic (exact) mass is 245 g/mol. The van der Waals surface area contributed by atoms with Crippen molar-refractivity contribution in [2.75, 3.05) is 13.2 Å². The van der Waals surface area contributed by atoms with Crippen LogP contribution < -0.4 is 0 Å². The number of aromatic nitrogens is 3. The molecule has 94 valence electrons. The first-order valence-electron chi connectivity index (χ1n) is 6.20. The molecule has 3 heterocycles. The quantitative estimate of drug-likeness (QED) is 0.827. The molecule has 5 heteroatoms. The molecule has 0 amide bonds. The summed E-state index contributed by atoms with van der Waals surface area (Å²) in [6.07, 6.45) is 4.04. The zero-order chi connectivity index (χ0) is 12.2. The van der Waals surface area contributed by atoms with E-state index in [1.165, 1.54) is 6.39 Å². The third-order valence-corrected chi connectivity index (χ3v) is 3.21. The lowest BCUT2D eigenvalue weighted by molar-refractivity contribution is 0.0844. The summed E-state index contributed by atoms with van der Waals surface area (Å²) in [5.74, 6) is 1.12. The van der Waals surface area contributed by atoms with E-state index in [0.29, 0.717) is 18.2 Å². The summed E-state index contributed by atoms with van der Waals surface area (Å²) < 4.78 is 10.5. The van der Waals surface area contributed by atoms with E-state index in [-0.39, 0.29) is 0 Å². The van der Waals surface area contributed by atoms with Crippen molar-refractivity contribution in [3.05, 3.63) is 41.9 Å². The van der Waals surface area contributed by atoms with Crippen LogP contribution in [0, 0.1) is 0 Å². The molecule has 1 aliphatic rings. The molecule has 3 rings (SSSR count). The normalized spacial score (nSPS) is 16.9. The zero-order valence-corrected chi connectivity index (χ0v) is 10.1. The lowest BCUT2D eigenvalue weighted by Gasteiger charge is -2.21. The molecule has 0 aromatic carbocycles. The van der Waals surface area contributed by atoms with Crippen molar-refractivity contribution in [2.24, 2.45) is 0 Å². The van der Waals surface area contributed by atoms with Crippen molar-refractivity contribution in [1.82, 2.24) is 15.2 Å². The number of pyridine rings is 1. The fraction of sp³-hybridized carbons (Fsp3) is 0.462. The summed E-state index contributed by atoms with van der Waals surface area (Å²) in [5.41, 5.74) is 2.12. The van der Waals surface area contributed by atoms with Crippen LogP contribution in [0.2, 0.25) is 0 Å². The van der Waals surface area contributed by atoms with Gasteiger partial charge < -0.3 is 9.15 Å². The molecule has 0 unspecified atom stereocenters. The molecular weight excluding hydrogens is 230 g/mol. The molecular formula is C13H15N3O2. The summed E-state index contributed by atoms with van der Waals surface area (Å²) in [6, 6.07) is 6.13. The third kappa shape index (κ3) is 2.56. The lowest BCUT2D eigenvalue weighted by Crippen LogP contribution is -2.15. The van der Waals surface area contributed by atoms with Gasteiger partial charge in [0.15, 0.2) is 0 Å². The van der Waals surface area contributed by atoms with Crippen LogP contribution in [0.4, 0.5) is 0 Å². The molecule has 1 saturated heterocycles. The molecule has 18 heavy (non-hydrogen) atoms. The molecule has 5 nitrogen and oxygen atoms in total. The summed E-state index contributed by atoms with van der Waals surface area (Å²) in [6.45, 7) is 1.67. The van der Waals surface area contributed by atoms with Gasteiger partial charge in [0.1, 0.15) is 0 Å². The predicted octanol–water partition coefficient (Wildman–Crippen LogP) is 1.95. The molecule has 0 spiro atoms. The largest absolute Gasteiger partial charge is 0.428 e. The van der Waals surface area contributed by atoms with Crippen LogP contribution in [0.25, 0.3) is 0 Å². The summed E-state index contributed by atoms with van der Waals surface area (Å²) in [4.78, 5) is 4.69.